The van der Waals surface area contributed by atoms with Gasteiger partial charge in [-0.05, 0) is 6.42 Å². The molecule has 0 aliphatic rings. The molecule has 0 spiro atoms. The van der Waals surface area contributed by atoms with Gasteiger partial charge in [-0.2, -0.15) is 8.78 Å². The van der Waals surface area contributed by atoms with E-state index in [-0.39, 0.29) is 11.7 Å². The van der Waals surface area contributed by atoms with Crippen LogP contribution in [0.2, 0.25) is 0 Å². The summed E-state index contributed by atoms with van der Waals surface area (Å²) >= 11 is 0.655. The number of aromatic nitrogens is 3. The van der Waals surface area contributed by atoms with Gasteiger partial charge in [-0.25, -0.2) is 8.78 Å². The van der Waals surface area contributed by atoms with Crippen molar-refractivity contribution < 1.29 is 27.5 Å². The summed E-state index contributed by atoms with van der Waals surface area (Å²) in [6.45, 7) is 1.67. The average molecular weight is 301 g/mol. The van der Waals surface area contributed by atoms with Crippen LogP contribution in [-0.2, 0) is 17.3 Å². The van der Waals surface area contributed by atoms with Crippen LogP contribution >= 0.6 is 11.8 Å². The first-order valence-corrected chi connectivity index (χ1v) is 6.23. The number of halogens is 4. The maximum Gasteiger partial charge on any atom is 0.365 e. The van der Waals surface area contributed by atoms with Gasteiger partial charge in [0.1, 0.15) is 0 Å². The van der Waals surface area contributed by atoms with Gasteiger partial charge in [0.05, 0.1) is 5.75 Å². The standard InChI is InChI=1S/C9H11F4N3O2S/c1-2-3-16-7(9(12,13)6(10)11)14-15-8(16)19-4-5(17)18/h6H,2-4H2,1H3,(H,17,18). The molecule has 1 aromatic rings. The van der Waals surface area contributed by atoms with E-state index in [9.17, 15) is 22.4 Å². The number of nitrogens with zero attached hydrogens (tertiary/aromatic N) is 3. The van der Waals surface area contributed by atoms with Gasteiger partial charge in [-0.3, -0.25) is 4.79 Å². The quantitative estimate of drug-likeness (QED) is 0.618. The number of thioether (sulfide) groups is 1. The summed E-state index contributed by atoms with van der Waals surface area (Å²) in [5.41, 5.74) is 0. The Hall–Kier alpha value is -1.32. The predicted molar refractivity (Wildman–Crippen MR) is 58.6 cm³/mol. The van der Waals surface area contributed by atoms with Crippen molar-refractivity contribution in [2.45, 2.75) is 37.4 Å². The Morgan fingerprint density at radius 2 is 2.11 bits per heavy atom. The minimum absolute atomic E-state index is 0.00654. The van der Waals surface area contributed by atoms with Crippen molar-refractivity contribution in [2.24, 2.45) is 0 Å². The lowest BCUT2D eigenvalue weighted by Gasteiger charge is -2.16. The SMILES string of the molecule is CCCn1c(SCC(=O)O)nnc1C(F)(F)C(F)F. The van der Waals surface area contributed by atoms with Gasteiger partial charge in [0.15, 0.2) is 5.16 Å². The van der Waals surface area contributed by atoms with Gasteiger partial charge in [-0.1, -0.05) is 18.7 Å². The molecule has 0 saturated heterocycles. The van der Waals surface area contributed by atoms with E-state index in [0.29, 0.717) is 18.2 Å². The van der Waals surface area contributed by atoms with Crippen LogP contribution in [0.25, 0.3) is 0 Å². The number of hydrogen-bond donors (Lipinski definition) is 1. The second-order valence-electron chi connectivity index (χ2n) is 3.56. The second-order valence-corrected chi connectivity index (χ2v) is 4.51. The highest BCUT2D eigenvalue weighted by atomic mass is 32.2. The van der Waals surface area contributed by atoms with E-state index in [1.807, 2.05) is 0 Å². The number of hydrogen-bond acceptors (Lipinski definition) is 4. The highest BCUT2D eigenvalue weighted by Gasteiger charge is 2.48. The molecular weight excluding hydrogens is 290 g/mol. The van der Waals surface area contributed by atoms with Crippen LogP contribution in [0, 0.1) is 0 Å². The van der Waals surface area contributed by atoms with E-state index in [4.69, 9.17) is 5.11 Å². The molecule has 108 valence electrons. The summed E-state index contributed by atoms with van der Waals surface area (Å²) in [5, 5.41) is 14.8. The largest absolute Gasteiger partial charge is 0.481 e. The lowest BCUT2D eigenvalue weighted by atomic mass is 10.3. The summed E-state index contributed by atoms with van der Waals surface area (Å²) in [5.74, 6) is -7.14. The lowest BCUT2D eigenvalue weighted by molar-refractivity contribution is -0.143. The van der Waals surface area contributed by atoms with Crippen molar-refractivity contribution in [2.75, 3.05) is 5.75 Å². The maximum atomic E-state index is 13.3. The van der Waals surface area contributed by atoms with E-state index in [2.05, 4.69) is 10.2 Å². The third-order valence-electron chi connectivity index (χ3n) is 2.06. The van der Waals surface area contributed by atoms with Gasteiger partial charge in [0, 0.05) is 6.54 Å². The number of alkyl halides is 4. The lowest BCUT2D eigenvalue weighted by Crippen LogP contribution is -2.28. The Labute approximate surface area is 110 Å². The summed E-state index contributed by atoms with van der Waals surface area (Å²) in [4.78, 5) is 10.4. The number of carbonyl (C=O) groups is 1. The molecule has 0 aliphatic carbocycles. The van der Waals surface area contributed by atoms with Crippen LogP contribution in [0.3, 0.4) is 0 Å². The topological polar surface area (TPSA) is 68.0 Å². The van der Waals surface area contributed by atoms with Gasteiger partial charge in [-0.15, -0.1) is 10.2 Å². The molecule has 1 N–H and O–H groups in total. The molecule has 0 saturated carbocycles. The Balaban J connectivity index is 3.09. The van der Waals surface area contributed by atoms with Gasteiger partial charge < -0.3 is 9.67 Å². The van der Waals surface area contributed by atoms with Gasteiger partial charge in [0.2, 0.25) is 5.82 Å². The van der Waals surface area contributed by atoms with Crippen molar-refractivity contribution in [1.82, 2.24) is 14.8 Å². The van der Waals surface area contributed by atoms with E-state index in [1.165, 1.54) is 0 Å². The summed E-state index contributed by atoms with van der Waals surface area (Å²) in [7, 11) is 0. The number of carboxylic acids is 1. The fourth-order valence-corrected chi connectivity index (χ4v) is 1.98. The van der Waals surface area contributed by atoms with E-state index in [0.717, 1.165) is 4.57 Å². The van der Waals surface area contributed by atoms with Crippen LogP contribution in [0.4, 0.5) is 17.6 Å². The molecule has 1 aromatic heterocycles. The second kappa shape index (κ2) is 6.22. The number of carboxylic acid groups (broad SMARTS) is 1. The molecule has 1 heterocycles. The first kappa shape index (κ1) is 15.7. The third kappa shape index (κ3) is 3.58. The maximum absolute atomic E-state index is 13.3. The van der Waals surface area contributed by atoms with Crippen molar-refractivity contribution in [3.8, 4) is 0 Å². The first-order chi connectivity index (χ1) is 8.80. The molecule has 0 aliphatic heterocycles. The summed E-state index contributed by atoms with van der Waals surface area (Å²) in [6.07, 6.45) is -3.50. The predicted octanol–water partition coefficient (Wildman–Crippen LogP) is 2.22. The monoisotopic (exact) mass is 301 g/mol. The summed E-state index contributed by atoms with van der Waals surface area (Å²) < 4.78 is 52.0. The van der Waals surface area contributed by atoms with Crippen LogP contribution < -0.4 is 0 Å². The van der Waals surface area contributed by atoms with E-state index in [1.54, 1.807) is 6.92 Å². The van der Waals surface area contributed by atoms with E-state index < -0.39 is 29.9 Å². The molecule has 10 heteroatoms. The number of rotatable bonds is 7. The smallest absolute Gasteiger partial charge is 0.365 e. The highest BCUT2D eigenvalue weighted by Crippen LogP contribution is 2.35. The van der Waals surface area contributed by atoms with Crippen LogP contribution in [0.15, 0.2) is 5.16 Å². The molecule has 0 atom stereocenters. The van der Waals surface area contributed by atoms with Crippen molar-refractivity contribution >= 4 is 17.7 Å². The van der Waals surface area contributed by atoms with Gasteiger partial charge >= 0.3 is 18.3 Å². The fraction of sp³-hybridized carbons (Fsp3) is 0.667. The summed E-state index contributed by atoms with van der Waals surface area (Å²) in [6, 6.07) is 0. The first-order valence-electron chi connectivity index (χ1n) is 5.24. The Bertz CT molecular complexity index is 453. The molecule has 0 amide bonds. The molecule has 0 aromatic carbocycles. The molecule has 19 heavy (non-hydrogen) atoms. The minimum Gasteiger partial charge on any atom is -0.481 e. The Kier molecular flexibility index (Phi) is 5.15. The van der Waals surface area contributed by atoms with Crippen molar-refractivity contribution in [3.63, 3.8) is 0 Å². The third-order valence-corrected chi connectivity index (χ3v) is 3.01. The molecule has 0 fully saturated rings. The van der Waals surface area contributed by atoms with E-state index >= 15 is 0 Å². The number of aliphatic carboxylic acids is 1. The minimum atomic E-state index is -4.41. The average Bonchev–Trinajstić information content (AvgIpc) is 2.70. The van der Waals surface area contributed by atoms with Crippen LogP contribution in [0.5, 0.6) is 0 Å². The molecule has 5 nitrogen and oxygen atoms in total. The zero-order chi connectivity index (χ0) is 14.6. The molecule has 1 rings (SSSR count). The highest BCUT2D eigenvalue weighted by molar-refractivity contribution is 7.99. The molecular formula is C9H11F4N3O2S. The Morgan fingerprint density at radius 3 is 2.58 bits per heavy atom. The zero-order valence-corrected chi connectivity index (χ0v) is 10.6. The Morgan fingerprint density at radius 1 is 1.47 bits per heavy atom. The fourth-order valence-electron chi connectivity index (χ4n) is 1.29. The van der Waals surface area contributed by atoms with Crippen LogP contribution in [-0.4, -0.2) is 38.0 Å². The molecule has 0 unspecified atom stereocenters. The molecule has 0 radical (unpaired) electrons. The van der Waals surface area contributed by atoms with Crippen molar-refractivity contribution in [1.29, 1.82) is 0 Å². The normalized spacial score (nSPS) is 12.1. The van der Waals surface area contributed by atoms with Crippen LogP contribution in [0.1, 0.15) is 19.2 Å². The zero-order valence-electron chi connectivity index (χ0n) is 9.82. The van der Waals surface area contributed by atoms with Gasteiger partial charge in [0.25, 0.3) is 0 Å². The van der Waals surface area contributed by atoms with Crippen molar-refractivity contribution in [3.05, 3.63) is 5.82 Å². The molecule has 0 bridgehead atoms.